The molecule has 28 heavy (non-hydrogen) atoms. The summed E-state index contributed by atoms with van der Waals surface area (Å²) in [4.78, 5) is 18.7. The third kappa shape index (κ3) is 3.81. The number of hydrogen-bond acceptors (Lipinski definition) is 4. The van der Waals surface area contributed by atoms with Crippen LogP contribution in [-0.2, 0) is 11.2 Å². The molecule has 6 heteroatoms. The van der Waals surface area contributed by atoms with Gasteiger partial charge in [-0.05, 0) is 42.7 Å². The van der Waals surface area contributed by atoms with Crippen LogP contribution < -0.4 is 4.90 Å². The Morgan fingerprint density at radius 1 is 1.21 bits per heavy atom. The predicted octanol–water partition coefficient (Wildman–Crippen LogP) is 4.74. The number of unbranched alkanes of at least 4 members (excludes halogenated alkanes) is 1. The number of benzene rings is 2. The lowest BCUT2D eigenvalue weighted by Crippen LogP contribution is -2.24. The van der Waals surface area contributed by atoms with Gasteiger partial charge in [0.2, 0.25) is 17.6 Å². The minimum Gasteiger partial charge on any atom is -0.339 e. The van der Waals surface area contributed by atoms with Crippen LogP contribution in [0.3, 0.4) is 0 Å². The Hall–Kier alpha value is -3.02. The predicted molar refractivity (Wildman–Crippen MR) is 104 cm³/mol. The molecule has 5 nitrogen and oxygen atoms in total. The lowest BCUT2D eigenvalue weighted by molar-refractivity contribution is -0.117. The molecule has 0 N–H and O–H groups in total. The highest BCUT2D eigenvalue weighted by Crippen LogP contribution is 2.32. The van der Waals surface area contributed by atoms with Crippen molar-refractivity contribution in [2.75, 3.05) is 11.4 Å². The summed E-state index contributed by atoms with van der Waals surface area (Å²) in [5.74, 6) is 0.266. The molecule has 0 radical (unpaired) electrons. The number of hydrogen-bond donors (Lipinski definition) is 0. The van der Waals surface area contributed by atoms with Crippen LogP contribution in [0, 0.1) is 5.82 Å². The number of carbonyl (C=O) groups excluding carboxylic acids is 1. The van der Waals surface area contributed by atoms with Gasteiger partial charge in [-0.25, -0.2) is 4.39 Å². The standard InChI is InChI=1S/C22H22FN3O2/c1-2-3-5-15-8-10-19(11-9-15)26-14-17(13-20(26)27)22-24-21(25-28-22)16-6-4-7-18(23)12-16/h4,6-12,17H,2-3,5,13-14H2,1H3. The maximum absolute atomic E-state index is 13.4. The van der Waals surface area contributed by atoms with E-state index in [1.54, 1.807) is 17.0 Å². The lowest BCUT2D eigenvalue weighted by atomic mass is 10.1. The fourth-order valence-electron chi connectivity index (χ4n) is 3.49. The van der Waals surface area contributed by atoms with E-state index >= 15 is 0 Å². The fourth-order valence-corrected chi connectivity index (χ4v) is 3.49. The van der Waals surface area contributed by atoms with Crippen molar-refractivity contribution in [3.63, 3.8) is 0 Å². The van der Waals surface area contributed by atoms with Crippen molar-refractivity contribution in [3.05, 3.63) is 65.8 Å². The van der Waals surface area contributed by atoms with Crippen molar-refractivity contribution in [1.82, 2.24) is 10.1 Å². The molecule has 0 aliphatic carbocycles. The van der Waals surface area contributed by atoms with Gasteiger partial charge in [-0.1, -0.05) is 42.8 Å². The maximum atomic E-state index is 13.4. The van der Waals surface area contributed by atoms with Gasteiger partial charge >= 0.3 is 0 Å². The van der Waals surface area contributed by atoms with Crippen LogP contribution in [0.4, 0.5) is 10.1 Å². The number of anilines is 1. The second-order valence-electron chi connectivity index (χ2n) is 7.14. The zero-order valence-corrected chi connectivity index (χ0v) is 15.8. The van der Waals surface area contributed by atoms with Crippen LogP contribution in [-0.4, -0.2) is 22.6 Å². The number of halogens is 1. The number of aromatic nitrogens is 2. The average molecular weight is 379 g/mol. The van der Waals surface area contributed by atoms with Crippen molar-refractivity contribution in [2.45, 2.75) is 38.5 Å². The SMILES string of the molecule is CCCCc1ccc(N2CC(c3nc(-c4cccc(F)c4)no3)CC2=O)cc1. The van der Waals surface area contributed by atoms with E-state index in [0.29, 0.717) is 30.2 Å². The van der Waals surface area contributed by atoms with Crippen molar-refractivity contribution in [2.24, 2.45) is 0 Å². The van der Waals surface area contributed by atoms with Gasteiger partial charge in [-0.3, -0.25) is 4.79 Å². The highest BCUT2D eigenvalue weighted by atomic mass is 19.1. The van der Waals surface area contributed by atoms with Gasteiger partial charge in [0.1, 0.15) is 5.82 Å². The van der Waals surface area contributed by atoms with Crippen LogP contribution in [0.2, 0.25) is 0 Å². The van der Waals surface area contributed by atoms with Crippen molar-refractivity contribution >= 4 is 11.6 Å². The summed E-state index contributed by atoms with van der Waals surface area (Å²) in [7, 11) is 0. The summed E-state index contributed by atoms with van der Waals surface area (Å²) < 4.78 is 18.8. The molecular weight excluding hydrogens is 357 g/mol. The third-order valence-electron chi connectivity index (χ3n) is 5.07. The molecule has 1 aliphatic heterocycles. The smallest absolute Gasteiger partial charge is 0.232 e. The molecule has 1 unspecified atom stereocenters. The van der Waals surface area contributed by atoms with Crippen molar-refractivity contribution in [3.8, 4) is 11.4 Å². The first-order valence-corrected chi connectivity index (χ1v) is 9.63. The molecule has 0 spiro atoms. The Labute approximate surface area is 163 Å². The normalized spacial score (nSPS) is 16.7. The first-order valence-electron chi connectivity index (χ1n) is 9.63. The minimum atomic E-state index is -0.353. The van der Waals surface area contributed by atoms with E-state index in [-0.39, 0.29) is 17.6 Å². The minimum absolute atomic E-state index is 0.0387. The summed E-state index contributed by atoms with van der Waals surface area (Å²) in [6, 6.07) is 14.2. The van der Waals surface area contributed by atoms with E-state index < -0.39 is 0 Å². The molecule has 0 bridgehead atoms. The molecule has 1 amide bonds. The average Bonchev–Trinajstić information content (AvgIpc) is 3.34. The Balaban J connectivity index is 1.48. The molecule has 1 aromatic heterocycles. The van der Waals surface area contributed by atoms with Crippen LogP contribution in [0.25, 0.3) is 11.4 Å². The number of nitrogens with zero attached hydrogens (tertiary/aromatic N) is 3. The molecule has 1 fully saturated rings. The van der Waals surface area contributed by atoms with Gasteiger partial charge in [0, 0.05) is 24.2 Å². The summed E-state index contributed by atoms with van der Waals surface area (Å²) in [5.41, 5.74) is 2.72. The van der Waals surface area contributed by atoms with Crippen LogP contribution in [0.1, 0.15) is 43.6 Å². The van der Waals surface area contributed by atoms with Gasteiger partial charge in [-0.2, -0.15) is 4.98 Å². The molecule has 0 saturated carbocycles. The zero-order valence-electron chi connectivity index (χ0n) is 15.8. The third-order valence-corrected chi connectivity index (χ3v) is 5.07. The summed E-state index contributed by atoms with van der Waals surface area (Å²) in [6.07, 6.45) is 3.70. The van der Waals surface area contributed by atoms with Crippen LogP contribution >= 0.6 is 0 Å². The Bertz CT molecular complexity index is 968. The molecule has 4 rings (SSSR count). The molecule has 2 aromatic carbocycles. The van der Waals surface area contributed by atoms with E-state index in [2.05, 4.69) is 29.2 Å². The summed E-state index contributed by atoms with van der Waals surface area (Å²) in [6.45, 7) is 2.67. The second-order valence-corrected chi connectivity index (χ2v) is 7.14. The first kappa shape index (κ1) is 18.3. The molecule has 1 aliphatic rings. The largest absolute Gasteiger partial charge is 0.339 e. The first-order chi connectivity index (χ1) is 13.6. The summed E-state index contributed by atoms with van der Waals surface area (Å²) >= 11 is 0. The topological polar surface area (TPSA) is 59.2 Å². The van der Waals surface area contributed by atoms with Gasteiger partial charge in [0.05, 0.1) is 5.92 Å². The monoisotopic (exact) mass is 379 g/mol. The number of aryl methyl sites for hydroxylation is 1. The molecule has 3 aromatic rings. The molecule has 1 saturated heterocycles. The van der Waals surface area contributed by atoms with Crippen LogP contribution in [0.5, 0.6) is 0 Å². The Morgan fingerprint density at radius 3 is 2.79 bits per heavy atom. The van der Waals surface area contributed by atoms with E-state index in [1.807, 2.05) is 12.1 Å². The van der Waals surface area contributed by atoms with Gasteiger partial charge in [0.25, 0.3) is 0 Å². The molecule has 1 atom stereocenters. The Kier molecular flexibility index (Phi) is 5.19. The van der Waals surface area contributed by atoms with E-state index in [9.17, 15) is 9.18 Å². The number of carbonyl (C=O) groups is 1. The quantitative estimate of drug-likeness (QED) is 0.621. The highest BCUT2D eigenvalue weighted by molar-refractivity contribution is 5.96. The molecule has 2 heterocycles. The van der Waals surface area contributed by atoms with Crippen molar-refractivity contribution in [1.29, 1.82) is 0 Å². The maximum Gasteiger partial charge on any atom is 0.232 e. The number of amides is 1. The van der Waals surface area contributed by atoms with Gasteiger partial charge < -0.3 is 9.42 Å². The molecular formula is C22H22FN3O2. The van der Waals surface area contributed by atoms with Gasteiger partial charge in [0.15, 0.2) is 0 Å². The van der Waals surface area contributed by atoms with E-state index in [1.165, 1.54) is 17.7 Å². The van der Waals surface area contributed by atoms with E-state index in [4.69, 9.17) is 4.52 Å². The second kappa shape index (κ2) is 7.92. The number of rotatable bonds is 6. The van der Waals surface area contributed by atoms with Gasteiger partial charge in [-0.15, -0.1) is 0 Å². The lowest BCUT2D eigenvalue weighted by Gasteiger charge is -2.16. The van der Waals surface area contributed by atoms with Crippen molar-refractivity contribution < 1.29 is 13.7 Å². The Morgan fingerprint density at radius 2 is 2.04 bits per heavy atom. The summed E-state index contributed by atoms with van der Waals surface area (Å²) in [5, 5.41) is 3.95. The molecule has 144 valence electrons. The zero-order chi connectivity index (χ0) is 19.5. The fraction of sp³-hybridized carbons (Fsp3) is 0.318. The highest BCUT2D eigenvalue weighted by Gasteiger charge is 2.35. The van der Waals surface area contributed by atoms with E-state index in [0.717, 1.165) is 24.9 Å². The van der Waals surface area contributed by atoms with Crippen LogP contribution in [0.15, 0.2) is 53.1 Å².